The van der Waals surface area contributed by atoms with E-state index in [1.807, 2.05) is 34.6 Å². The number of nitrogens with one attached hydrogen (secondary N) is 1. The van der Waals surface area contributed by atoms with Crippen LogP contribution in [0.2, 0.25) is 0 Å². The van der Waals surface area contributed by atoms with Crippen molar-refractivity contribution >= 4 is 6.09 Å². The molecule has 0 aliphatic heterocycles. The zero-order valence-corrected chi connectivity index (χ0v) is 10.6. The lowest BCUT2D eigenvalue weighted by Crippen LogP contribution is -2.46. The zero-order valence-electron chi connectivity index (χ0n) is 10.6. The van der Waals surface area contributed by atoms with Crippen LogP contribution in [0.25, 0.3) is 0 Å². The van der Waals surface area contributed by atoms with E-state index in [4.69, 9.17) is 9.47 Å². The Morgan fingerprint density at radius 2 is 1.73 bits per heavy atom. The number of carbonyl (C=O) groups is 1. The molecule has 0 saturated carbocycles. The number of rotatable bonds is 4. The third-order valence-corrected chi connectivity index (χ3v) is 1.77. The van der Waals surface area contributed by atoms with Crippen molar-refractivity contribution in [3.8, 4) is 0 Å². The summed E-state index contributed by atoms with van der Waals surface area (Å²) in [5.74, 6) is 0. The SMILES string of the molecule is COCCC(C)(C)NC(=O)OC(C)(C)C. The molecule has 0 aliphatic rings. The number of alkyl carbamates (subject to hydrolysis) is 1. The second kappa shape index (κ2) is 5.35. The van der Waals surface area contributed by atoms with E-state index in [-0.39, 0.29) is 11.6 Å². The molecule has 90 valence electrons. The van der Waals surface area contributed by atoms with Crippen molar-refractivity contribution in [1.29, 1.82) is 0 Å². The molecule has 0 aromatic carbocycles. The molecular weight excluding hydrogens is 194 g/mol. The first-order chi connectivity index (χ1) is 6.66. The van der Waals surface area contributed by atoms with Crippen molar-refractivity contribution in [3.05, 3.63) is 0 Å². The summed E-state index contributed by atoms with van der Waals surface area (Å²) in [6.07, 6.45) is 0.367. The predicted octanol–water partition coefficient (Wildman–Crippen LogP) is 2.33. The first-order valence-corrected chi connectivity index (χ1v) is 5.16. The second-order valence-corrected chi connectivity index (χ2v) is 5.25. The minimum Gasteiger partial charge on any atom is -0.444 e. The Morgan fingerprint density at radius 1 is 1.20 bits per heavy atom. The molecule has 0 atom stereocenters. The van der Waals surface area contributed by atoms with E-state index >= 15 is 0 Å². The largest absolute Gasteiger partial charge is 0.444 e. The van der Waals surface area contributed by atoms with Gasteiger partial charge in [0.1, 0.15) is 5.60 Å². The minimum absolute atomic E-state index is 0.307. The lowest BCUT2D eigenvalue weighted by Gasteiger charge is -2.28. The van der Waals surface area contributed by atoms with Crippen LogP contribution >= 0.6 is 0 Å². The Labute approximate surface area is 92.3 Å². The summed E-state index contributed by atoms with van der Waals surface area (Å²) < 4.78 is 10.1. The van der Waals surface area contributed by atoms with E-state index in [1.165, 1.54) is 0 Å². The number of carbonyl (C=O) groups excluding carboxylic acids is 1. The highest BCUT2D eigenvalue weighted by Gasteiger charge is 2.23. The summed E-state index contributed by atoms with van der Waals surface area (Å²) in [4.78, 5) is 11.5. The van der Waals surface area contributed by atoms with Gasteiger partial charge in [0.15, 0.2) is 0 Å². The fourth-order valence-electron chi connectivity index (χ4n) is 1.000. The van der Waals surface area contributed by atoms with Gasteiger partial charge >= 0.3 is 6.09 Å². The highest BCUT2D eigenvalue weighted by atomic mass is 16.6. The van der Waals surface area contributed by atoms with E-state index < -0.39 is 5.60 Å². The van der Waals surface area contributed by atoms with Crippen molar-refractivity contribution in [2.75, 3.05) is 13.7 Å². The molecule has 0 rings (SSSR count). The maximum Gasteiger partial charge on any atom is 0.408 e. The molecule has 0 saturated heterocycles. The summed E-state index contributed by atoms with van der Waals surface area (Å²) in [6.45, 7) is 10.0. The average Bonchev–Trinajstić information content (AvgIpc) is 1.95. The van der Waals surface area contributed by atoms with Crippen LogP contribution in [-0.2, 0) is 9.47 Å². The maximum absolute atomic E-state index is 11.5. The quantitative estimate of drug-likeness (QED) is 0.786. The van der Waals surface area contributed by atoms with Gasteiger partial charge in [0.2, 0.25) is 0 Å². The summed E-state index contributed by atoms with van der Waals surface area (Å²) in [7, 11) is 1.64. The van der Waals surface area contributed by atoms with E-state index in [9.17, 15) is 4.79 Å². The standard InChI is InChI=1S/C11H23NO3/c1-10(2,3)15-9(13)12-11(4,5)7-8-14-6/h7-8H2,1-6H3,(H,12,13). The molecule has 0 unspecified atom stereocenters. The molecule has 1 amide bonds. The third-order valence-electron chi connectivity index (χ3n) is 1.77. The molecule has 0 bridgehead atoms. The molecule has 1 N–H and O–H groups in total. The van der Waals surface area contributed by atoms with Crippen molar-refractivity contribution in [2.45, 2.75) is 52.2 Å². The molecule has 0 aliphatic carbocycles. The minimum atomic E-state index is -0.457. The van der Waals surface area contributed by atoms with Crippen LogP contribution in [0.5, 0.6) is 0 Å². The molecular formula is C11H23NO3. The number of hydrogen-bond donors (Lipinski definition) is 1. The Balaban J connectivity index is 4.04. The summed E-state index contributed by atoms with van der Waals surface area (Å²) >= 11 is 0. The predicted molar refractivity (Wildman–Crippen MR) is 59.9 cm³/mol. The van der Waals surface area contributed by atoms with Crippen molar-refractivity contribution in [3.63, 3.8) is 0 Å². The van der Waals surface area contributed by atoms with E-state index in [1.54, 1.807) is 7.11 Å². The molecule has 0 spiro atoms. The summed E-state index contributed by atoms with van der Waals surface area (Å²) in [6, 6.07) is 0. The fourth-order valence-corrected chi connectivity index (χ4v) is 1.000. The van der Waals surface area contributed by atoms with E-state index in [2.05, 4.69) is 5.32 Å². The lowest BCUT2D eigenvalue weighted by atomic mass is 10.0. The van der Waals surface area contributed by atoms with Gasteiger partial charge in [0.05, 0.1) is 0 Å². The Kier molecular flexibility index (Phi) is 5.08. The average molecular weight is 217 g/mol. The zero-order chi connectivity index (χ0) is 12.1. The second-order valence-electron chi connectivity index (χ2n) is 5.25. The monoisotopic (exact) mass is 217 g/mol. The fraction of sp³-hybridized carbons (Fsp3) is 0.909. The normalized spacial score (nSPS) is 12.4. The van der Waals surface area contributed by atoms with E-state index in [0.717, 1.165) is 6.42 Å². The van der Waals surface area contributed by atoms with Crippen LogP contribution in [0.1, 0.15) is 41.0 Å². The summed E-state index contributed by atoms with van der Waals surface area (Å²) in [5, 5.41) is 2.81. The van der Waals surface area contributed by atoms with Gasteiger partial charge in [-0.3, -0.25) is 0 Å². The third kappa shape index (κ3) is 8.24. The Hall–Kier alpha value is -0.770. The highest BCUT2D eigenvalue weighted by molar-refractivity contribution is 5.68. The van der Waals surface area contributed by atoms with Gasteiger partial charge in [-0.05, 0) is 41.0 Å². The van der Waals surface area contributed by atoms with Gasteiger partial charge in [-0.15, -0.1) is 0 Å². The van der Waals surface area contributed by atoms with Crippen LogP contribution in [-0.4, -0.2) is 30.9 Å². The molecule has 0 radical (unpaired) electrons. The van der Waals surface area contributed by atoms with Gasteiger partial charge < -0.3 is 14.8 Å². The number of amides is 1. The smallest absolute Gasteiger partial charge is 0.408 e. The Bertz CT molecular complexity index is 206. The topological polar surface area (TPSA) is 47.6 Å². The molecule has 4 heteroatoms. The molecule has 4 nitrogen and oxygen atoms in total. The Morgan fingerprint density at radius 3 is 2.13 bits per heavy atom. The van der Waals surface area contributed by atoms with E-state index in [0.29, 0.717) is 6.61 Å². The molecule has 0 fully saturated rings. The first-order valence-electron chi connectivity index (χ1n) is 5.16. The summed E-state index contributed by atoms with van der Waals surface area (Å²) in [5.41, 5.74) is -0.764. The van der Waals surface area contributed by atoms with Crippen LogP contribution in [0.3, 0.4) is 0 Å². The molecule has 15 heavy (non-hydrogen) atoms. The van der Waals surface area contributed by atoms with Gasteiger partial charge in [-0.1, -0.05) is 0 Å². The number of ether oxygens (including phenoxy) is 2. The highest BCUT2D eigenvalue weighted by Crippen LogP contribution is 2.11. The van der Waals surface area contributed by atoms with Gasteiger partial charge in [0, 0.05) is 19.3 Å². The van der Waals surface area contributed by atoms with Gasteiger partial charge in [0.25, 0.3) is 0 Å². The first kappa shape index (κ1) is 14.2. The van der Waals surface area contributed by atoms with Crippen molar-refractivity contribution in [1.82, 2.24) is 5.32 Å². The van der Waals surface area contributed by atoms with Crippen molar-refractivity contribution < 1.29 is 14.3 Å². The van der Waals surface area contributed by atoms with Crippen LogP contribution < -0.4 is 5.32 Å². The molecule has 0 heterocycles. The van der Waals surface area contributed by atoms with Crippen molar-refractivity contribution in [2.24, 2.45) is 0 Å². The van der Waals surface area contributed by atoms with Gasteiger partial charge in [-0.2, -0.15) is 0 Å². The van der Waals surface area contributed by atoms with Crippen LogP contribution in [0.4, 0.5) is 4.79 Å². The maximum atomic E-state index is 11.5. The van der Waals surface area contributed by atoms with Crippen LogP contribution in [0, 0.1) is 0 Å². The molecule has 0 aromatic heterocycles. The number of methoxy groups -OCH3 is 1. The molecule has 0 aromatic rings. The van der Waals surface area contributed by atoms with Gasteiger partial charge in [-0.25, -0.2) is 4.79 Å². The van der Waals surface area contributed by atoms with Crippen LogP contribution in [0.15, 0.2) is 0 Å². The lowest BCUT2D eigenvalue weighted by molar-refractivity contribution is 0.0452. The number of hydrogen-bond acceptors (Lipinski definition) is 3.